The van der Waals surface area contributed by atoms with Crippen LogP contribution in [0.15, 0.2) is 180 Å². The summed E-state index contributed by atoms with van der Waals surface area (Å²) in [5, 5.41) is 2.68. The standard InChI is InChI=1S/C47H28S/c1-5-16-40-33(10-1)34-11-2-6-17-41(34)47(40)42-18-7-3-12-35(42)36-25-24-31(28-43(36)47)29-20-22-30(23-21-29)32-26-27-45-46-38(32)14-9-15-39(46)37-13-4-8-19-44(37)48-45/h1-28H. The second-order valence-electron chi connectivity index (χ2n) is 13.2. The zero-order valence-electron chi connectivity index (χ0n) is 26.1. The maximum atomic E-state index is 2.47. The number of rotatable bonds is 2. The Morgan fingerprint density at radius 2 is 0.833 bits per heavy atom. The second kappa shape index (κ2) is 9.70. The van der Waals surface area contributed by atoms with E-state index < -0.39 is 0 Å². The van der Waals surface area contributed by atoms with Crippen molar-refractivity contribution in [3.05, 3.63) is 192 Å². The molecular weight excluding hydrogens is 597 g/mol. The first-order chi connectivity index (χ1) is 23.8. The fraction of sp³-hybridized carbons (Fsp3) is 0.0213. The van der Waals surface area contributed by atoms with E-state index >= 15 is 0 Å². The van der Waals surface area contributed by atoms with Gasteiger partial charge in [0.2, 0.25) is 0 Å². The molecule has 3 aliphatic rings. The predicted molar refractivity (Wildman–Crippen MR) is 201 cm³/mol. The Balaban J connectivity index is 1.06. The van der Waals surface area contributed by atoms with Crippen molar-refractivity contribution in [2.75, 3.05) is 0 Å². The van der Waals surface area contributed by atoms with Gasteiger partial charge in [-0.25, -0.2) is 0 Å². The first kappa shape index (κ1) is 26.4. The summed E-state index contributed by atoms with van der Waals surface area (Å²) in [6.45, 7) is 0. The van der Waals surface area contributed by atoms with E-state index in [1.165, 1.54) is 98.5 Å². The molecule has 0 saturated carbocycles. The van der Waals surface area contributed by atoms with Crippen LogP contribution in [0, 0.1) is 0 Å². The van der Waals surface area contributed by atoms with E-state index in [-0.39, 0.29) is 5.41 Å². The zero-order valence-corrected chi connectivity index (χ0v) is 26.9. The van der Waals surface area contributed by atoms with Gasteiger partial charge in [0.15, 0.2) is 0 Å². The van der Waals surface area contributed by atoms with Gasteiger partial charge in [-0.3, -0.25) is 0 Å². The van der Waals surface area contributed by atoms with Crippen molar-refractivity contribution >= 4 is 22.5 Å². The zero-order chi connectivity index (χ0) is 31.4. The average Bonchev–Trinajstić information content (AvgIpc) is 3.62. The van der Waals surface area contributed by atoms with Gasteiger partial charge < -0.3 is 0 Å². The number of hydrogen-bond acceptors (Lipinski definition) is 1. The van der Waals surface area contributed by atoms with Crippen molar-refractivity contribution in [3.63, 3.8) is 0 Å². The summed E-state index contributed by atoms with van der Waals surface area (Å²) in [6, 6.07) is 63.6. The molecule has 0 N–H and O–H groups in total. The second-order valence-corrected chi connectivity index (χ2v) is 14.2. The molecule has 222 valence electrons. The number of hydrogen-bond donors (Lipinski definition) is 0. The summed E-state index contributed by atoms with van der Waals surface area (Å²) >= 11 is 1.88. The van der Waals surface area contributed by atoms with E-state index in [2.05, 4.69) is 170 Å². The van der Waals surface area contributed by atoms with Crippen molar-refractivity contribution in [3.8, 4) is 55.6 Å². The number of fused-ring (bicyclic) bond motifs is 12. The van der Waals surface area contributed by atoms with E-state index in [9.17, 15) is 0 Å². The predicted octanol–water partition coefficient (Wildman–Crippen LogP) is 12.6. The molecule has 0 saturated heterocycles. The summed E-state index contributed by atoms with van der Waals surface area (Å²) in [5.74, 6) is 0. The van der Waals surface area contributed by atoms with E-state index in [1.54, 1.807) is 0 Å². The van der Waals surface area contributed by atoms with Crippen LogP contribution in [0.5, 0.6) is 0 Å². The van der Waals surface area contributed by atoms with Gasteiger partial charge in [-0.05, 0) is 101 Å². The summed E-state index contributed by atoms with van der Waals surface area (Å²) in [5.41, 5.74) is 18.2. The van der Waals surface area contributed by atoms with Gasteiger partial charge in [0, 0.05) is 15.2 Å². The van der Waals surface area contributed by atoms with Crippen molar-refractivity contribution in [2.24, 2.45) is 0 Å². The Morgan fingerprint density at radius 1 is 0.312 bits per heavy atom. The van der Waals surface area contributed by atoms with Gasteiger partial charge in [0.1, 0.15) is 0 Å². The third-order valence-corrected chi connectivity index (χ3v) is 12.1. The maximum absolute atomic E-state index is 2.47. The fourth-order valence-electron chi connectivity index (χ4n) is 8.95. The smallest absolute Gasteiger partial charge is 0.0725 e. The van der Waals surface area contributed by atoms with Crippen molar-refractivity contribution in [2.45, 2.75) is 15.2 Å². The molecule has 1 heteroatoms. The highest BCUT2D eigenvalue weighted by Gasteiger charge is 2.51. The van der Waals surface area contributed by atoms with E-state index in [4.69, 9.17) is 0 Å². The average molecular weight is 625 g/mol. The Bertz CT molecular complexity index is 2580. The fourth-order valence-corrected chi connectivity index (χ4v) is 10.1. The molecule has 0 unspecified atom stereocenters. The van der Waals surface area contributed by atoms with Crippen LogP contribution in [-0.2, 0) is 5.41 Å². The molecule has 0 bridgehead atoms. The lowest BCUT2D eigenvalue weighted by Crippen LogP contribution is -2.25. The minimum absolute atomic E-state index is 0.324. The largest absolute Gasteiger partial charge is 0.0888 e. The van der Waals surface area contributed by atoms with Crippen LogP contribution in [0.4, 0.5) is 0 Å². The van der Waals surface area contributed by atoms with Crippen LogP contribution in [0.25, 0.3) is 66.4 Å². The molecule has 8 aromatic carbocycles. The van der Waals surface area contributed by atoms with Crippen LogP contribution in [-0.4, -0.2) is 0 Å². The molecule has 8 aromatic rings. The maximum Gasteiger partial charge on any atom is 0.0725 e. The van der Waals surface area contributed by atoms with Crippen molar-refractivity contribution in [1.29, 1.82) is 0 Å². The Morgan fingerprint density at radius 3 is 1.52 bits per heavy atom. The lowest BCUT2D eigenvalue weighted by molar-refractivity contribution is 0.794. The summed E-state index contributed by atoms with van der Waals surface area (Å²) in [6.07, 6.45) is 0. The highest BCUT2D eigenvalue weighted by atomic mass is 32.2. The van der Waals surface area contributed by atoms with Crippen LogP contribution < -0.4 is 0 Å². The lowest BCUT2D eigenvalue weighted by atomic mass is 9.70. The van der Waals surface area contributed by atoms with Crippen molar-refractivity contribution in [1.82, 2.24) is 0 Å². The molecule has 0 nitrogen and oxygen atoms in total. The number of benzene rings is 8. The SMILES string of the molecule is c1ccc2c(c1)Sc1ccc(-c3ccc(-c4ccc5c(c4)C4(c6ccccc6-c6ccccc64)c4ccccc4-5)cc3)c3cccc-2c13. The van der Waals surface area contributed by atoms with Gasteiger partial charge >= 0.3 is 0 Å². The molecule has 0 amide bonds. The molecule has 48 heavy (non-hydrogen) atoms. The molecule has 0 fully saturated rings. The van der Waals surface area contributed by atoms with Gasteiger partial charge in [-0.15, -0.1) is 0 Å². The minimum atomic E-state index is -0.324. The summed E-state index contributed by atoms with van der Waals surface area (Å²) in [7, 11) is 0. The lowest BCUT2D eigenvalue weighted by Gasteiger charge is -2.30. The monoisotopic (exact) mass is 624 g/mol. The van der Waals surface area contributed by atoms with Crippen LogP contribution in [0.3, 0.4) is 0 Å². The molecule has 1 aliphatic heterocycles. The van der Waals surface area contributed by atoms with Crippen LogP contribution in [0.2, 0.25) is 0 Å². The van der Waals surface area contributed by atoms with Crippen LogP contribution >= 0.6 is 11.8 Å². The van der Waals surface area contributed by atoms with E-state index in [0.717, 1.165) is 0 Å². The quantitative estimate of drug-likeness (QED) is 0.184. The van der Waals surface area contributed by atoms with Crippen molar-refractivity contribution < 1.29 is 0 Å². The third kappa shape index (κ3) is 3.36. The Labute approximate surface area is 284 Å². The normalized spacial score (nSPS) is 13.9. The topological polar surface area (TPSA) is 0 Å². The summed E-state index contributed by atoms with van der Waals surface area (Å²) < 4.78 is 0. The molecular formula is C47H28S. The van der Waals surface area contributed by atoms with E-state index in [0.29, 0.717) is 0 Å². The molecule has 0 aromatic heterocycles. The highest BCUT2D eigenvalue weighted by molar-refractivity contribution is 7.99. The van der Waals surface area contributed by atoms with E-state index in [1.807, 2.05) is 11.8 Å². The molecule has 1 heterocycles. The van der Waals surface area contributed by atoms with Crippen LogP contribution in [0.1, 0.15) is 22.3 Å². The van der Waals surface area contributed by atoms with Gasteiger partial charge in [0.25, 0.3) is 0 Å². The van der Waals surface area contributed by atoms with Gasteiger partial charge in [-0.1, -0.05) is 163 Å². The molecule has 2 aliphatic carbocycles. The first-order valence-electron chi connectivity index (χ1n) is 16.7. The molecule has 1 spiro atoms. The van der Waals surface area contributed by atoms with Gasteiger partial charge in [-0.2, -0.15) is 0 Å². The first-order valence-corrected chi connectivity index (χ1v) is 17.5. The Kier molecular flexibility index (Phi) is 5.34. The Hall–Kier alpha value is -5.63. The molecule has 0 radical (unpaired) electrons. The third-order valence-electron chi connectivity index (χ3n) is 10.9. The minimum Gasteiger partial charge on any atom is -0.0888 e. The summed E-state index contributed by atoms with van der Waals surface area (Å²) in [4.78, 5) is 2.67. The molecule has 0 atom stereocenters. The van der Waals surface area contributed by atoms with Gasteiger partial charge in [0.05, 0.1) is 5.41 Å². The highest BCUT2D eigenvalue weighted by Crippen LogP contribution is 2.63. The molecule has 11 rings (SSSR count).